The molecule has 0 aromatic carbocycles. The maximum Gasteiger partial charge on any atom is 0.0873 e. The molecular weight excluding hydrogens is 236 g/mol. The van der Waals surface area contributed by atoms with Crippen molar-refractivity contribution in [3.63, 3.8) is 0 Å². The van der Waals surface area contributed by atoms with Crippen molar-refractivity contribution in [1.29, 1.82) is 0 Å². The van der Waals surface area contributed by atoms with Crippen molar-refractivity contribution in [2.24, 2.45) is 11.1 Å². The molecule has 1 unspecified atom stereocenters. The number of aromatic nitrogens is 1. The number of aryl methyl sites for hydroxylation is 1. The quantitative estimate of drug-likeness (QED) is 0.880. The molecule has 0 bridgehead atoms. The van der Waals surface area contributed by atoms with E-state index in [-0.39, 0.29) is 5.41 Å². The fraction of sp³-hybridized carbons (Fsp3) is 0.688. The molecule has 1 aliphatic rings. The van der Waals surface area contributed by atoms with Gasteiger partial charge in [0.1, 0.15) is 0 Å². The Bertz CT molecular complexity index is 380. The molecule has 2 rings (SSSR count). The summed E-state index contributed by atoms with van der Waals surface area (Å²) in [6.45, 7) is 2.52. The standard InChI is InChI=1S/C16H26N2O/c1-13-7-8-14(11-18-13)15(19)16(12-17)9-5-3-2-4-6-10-16/h7-8,11,15,19H,2-6,9-10,12,17H2,1H3. The van der Waals surface area contributed by atoms with Gasteiger partial charge in [-0.3, -0.25) is 4.98 Å². The Morgan fingerprint density at radius 2 is 1.84 bits per heavy atom. The van der Waals surface area contributed by atoms with Crippen LogP contribution < -0.4 is 5.73 Å². The van der Waals surface area contributed by atoms with Crippen molar-refractivity contribution < 1.29 is 5.11 Å². The van der Waals surface area contributed by atoms with Gasteiger partial charge in [-0.15, -0.1) is 0 Å². The van der Waals surface area contributed by atoms with Crippen LogP contribution in [-0.2, 0) is 0 Å². The number of pyridine rings is 1. The Hall–Kier alpha value is -0.930. The number of nitrogens with two attached hydrogens (primary N) is 1. The number of aliphatic hydroxyl groups excluding tert-OH is 1. The van der Waals surface area contributed by atoms with Crippen molar-refractivity contribution >= 4 is 0 Å². The van der Waals surface area contributed by atoms with Crippen LogP contribution in [0, 0.1) is 12.3 Å². The van der Waals surface area contributed by atoms with Crippen LogP contribution in [0.4, 0.5) is 0 Å². The van der Waals surface area contributed by atoms with E-state index in [4.69, 9.17) is 5.73 Å². The van der Waals surface area contributed by atoms with E-state index in [1.165, 1.54) is 32.1 Å². The van der Waals surface area contributed by atoms with Crippen molar-refractivity contribution in [1.82, 2.24) is 4.98 Å². The second-order valence-corrected chi connectivity index (χ2v) is 5.97. The summed E-state index contributed by atoms with van der Waals surface area (Å²) in [5.74, 6) is 0. The topological polar surface area (TPSA) is 59.1 Å². The molecule has 3 N–H and O–H groups in total. The van der Waals surface area contributed by atoms with Gasteiger partial charge in [0.25, 0.3) is 0 Å². The first-order valence-electron chi connectivity index (χ1n) is 7.49. The van der Waals surface area contributed by atoms with Gasteiger partial charge < -0.3 is 10.8 Å². The van der Waals surface area contributed by atoms with Crippen LogP contribution in [0.15, 0.2) is 18.3 Å². The molecule has 106 valence electrons. The molecule has 1 heterocycles. The summed E-state index contributed by atoms with van der Waals surface area (Å²) in [5, 5.41) is 10.8. The molecule has 0 saturated heterocycles. The number of aliphatic hydroxyl groups is 1. The largest absolute Gasteiger partial charge is 0.388 e. The van der Waals surface area contributed by atoms with E-state index in [2.05, 4.69) is 4.98 Å². The van der Waals surface area contributed by atoms with Crippen molar-refractivity contribution in [2.45, 2.75) is 58.0 Å². The Morgan fingerprint density at radius 1 is 1.21 bits per heavy atom. The average Bonchev–Trinajstić information content (AvgIpc) is 2.39. The lowest BCUT2D eigenvalue weighted by atomic mass is 9.70. The van der Waals surface area contributed by atoms with Gasteiger partial charge in [-0.1, -0.05) is 38.2 Å². The summed E-state index contributed by atoms with van der Waals surface area (Å²) >= 11 is 0. The molecule has 0 spiro atoms. The molecule has 1 atom stereocenters. The molecule has 19 heavy (non-hydrogen) atoms. The number of nitrogens with zero attached hydrogens (tertiary/aromatic N) is 1. The highest BCUT2D eigenvalue weighted by Gasteiger charge is 2.37. The van der Waals surface area contributed by atoms with E-state index in [0.717, 1.165) is 24.1 Å². The summed E-state index contributed by atoms with van der Waals surface area (Å²) in [7, 11) is 0. The smallest absolute Gasteiger partial charge is 0.0873 e. The fourth-order valence-corrected chi connectivity index (χ4v) is 3.19. The maximum atomic E-state index is 10.8. The maximum absolute atomic E-state index is 10.8. The summed E-state index contributed by atoms with van der Waals surface area (Å²) in [6.07, 6.45) is 9.57. The van der Waals surface area contributed by atoms with Crippen LogP contribution in [0.5, 0.6) is 0 Å². The van der Waals surface area contributed by atoms with E-state index in [1.54, 1.807) is 6.20 Å². The first-order valence-corrected chi connectivity index (χ1v) is 7.49. The minimum atomic E-state index is -0.483. The molecule has 0 amide bonds. The lowest BCUT2D eigenvalue weighted by molar-refractivity contribution is 0.00825. The second-order valence-electron chi connectivity index (χ2n) is 5.97. The van der Waals surface area contributed by atoms with Gasteiger partial charge in [0.15, 0.2) is 0 Å². The first-order chi connectivity index (χ1) is 9.18. The van der Waals surface area contributed by atoms with Crippen LogP contribution in [0.2, 0.25) is 0 Å². The number of hydrogen-bond acceptors (Lipinski definition) is 3. The zero-order valence-corrected chi connectivity index (χ0v) is 11.9. The first kappa shape index (κ1) is 14.5. The van der Waals surface area contributed by atoms with Gasteiger partial charge in [-0.2, -0.15) is 0 Å². The molecule has 1 saturated carbocycles. The van der Waals surface area contributed by atoms with Gasteiger partial charge in [0, 0.05) is 23.9 Å². The number of hydrogen-bond donors (Lipinski definition) is 2. The highest BCUT2D eigenvalue weighted by Crippen LogP contribution is 2.43. The molecule has 0 aliphatic heterocycles. The molecule has 3 nitrogen and oxygen atoms in total. The summed E-state index contributed by atoms with van der Waals surface area (Å²) < 4.78 is 0. The lowest BCUT2D eigenvalue weighted by Crippen LogP contribution is -2.37. The van der Waals surface area contributed by atoms with Gasteiger partial charge >= 0.3 is 0 Å². The lowest BCUT2D eigenvalue weighted by Gasteiger charge is -2.38. The van der Waals surface area contributed by atoms with Gasteiger partial charge in [0.05, 0.1) is 6.10 Å². The Morgan fingerprint density at radius 3 is 2.37 bits per heavy atom. The predicted molar refractivity (Wildman–Crippen MR) is 77.7 cm³/mol. The van der Waals surface area contributed by atoms with E-state index in [1.807, 2.05) is 19.1 Å². The highest BCUT2D eigenvalue weighted by atomic mass is 16.3. The summed E-state index contributed by atoms with van der Waals surface area (Å²) in [6, 6.07) is 3.95. The van der Waals surface area contributed by atoms with E-state index in [9.17, 15) is 5.11 Å². The van der Waals surface area contributed by atoms with Crippen LogP contribution in [-0.4, -0.2) is 16.6 Å². The molecule has 3 heteroatoms. The van der Waals surface area contributed by atoms with Crippen LogP contribution in [0.3, 0.4) is 0 Å². The molecular formula is C16H26N2O. The predicted octanol–water partition coefficient (Wildman–Crippen LogP) is 3.11. The minimum Gasteiger partial charge on any atom is -0.388 e. The van der Waals surface area contributed by atoms with Gasteiger partial charge in [0.2, 0.25) is 0 Å². The molecule has 0 radical (unpaired) electrons. The number of rotatable bonds is 3. The second kappa shape index (κ2) is 6.49. The minimum absolute atomic E-state index is 0.155. The average molecular weight is 262 g/mol. The normalized spacial score (nSPS) is 21.4. The van der Waals surface area contributed by atoms with Crippen molar-refractivity contribution in [3.05, 3.63) is 29.6 Å². The molecule has 1 fully saturated rings. The van der Waals surface area contributed by atoms with E-state index >= 15 is 0 Å². The van der Waals surface area contributed by atoms with E-state index < -0.39 is 6.10 Å². The Balaban J connectivity index is 2.20. The summed E-state index contributed by atoms with van der Waals surface area (Å²) in [4.78, 5) is 4.30. The third kappa shape index (κ3) is 3.34. The SMILES string of the molecule is Cc1ccc(C(O)C2(CN)CCCCCCC2)cn1. The Labute approximate surface area is 116 Å². The molecule has 1 aromatic heterocycles. The van der Waals surface area contributed by atoms with Crippen molar-refractivity contribution in [2.75, 3.05) is 6.54 Å². The van der Waals surface area contributed by atoms with Crippen LogP contribution in [0.1, 0.15) is 62.3 Å². The zero-order valence-electron chi connectivity index (χ0n) is 11.9. The third-order valence-corrected chi connectivity index (χ3v) is 4.59. The zero-order chi connectivity index (χ0) is 13.7. The Kier molecular flexibility index (Phi) is 4.94. The third-order valence-electron chi connectivity index (χ3n) is 4.59. The van der Waals surface area contributed by atoms with Crippen LogP contribution >= 0.6 is 0 Å². The monoisotopic (exact) mass is 262 g/mol. The highest BCUT2D eigenvalue weighted by molar-refractivity contribution is 5.18. The van der Waals surface area contributed by atoms with Crippen molar-refractivity contribution in [3.8, 4) is 0 Å². The summed E-state index contributed by atoms with van der Waals surface area (Å²) in [5.41, 5.74) is 7.79. The molecule has 1 aliphatic carbocycles. The van der Waals surface area contributed by atoms with E-state index in [0.29, 0.717) is 6.54 Å². The van der Waals surface area contributed by atoms with Gasteiger partial charge in [-0.05, 0) is 31.4 Å². The van der Waals surface area contributed by atoms with Gasteiger partial charge in [-0.25, -0.2) is 0 Å². The molecule has 1 aromatic rings. The van der Waals surface area contributed by atoms with Crippen LogP contribution in [0.25, 0.3) is 0 Å². The fourth-order valence-electron chi connectivity index (χ4n) is 3.19.